The number of hydrogen-bond donors (Lipinski definition) is 0. The highest BCUT2D eigenvalue weighted by Gasteiger charge is 2.19. The number of unbranched alkanes of at least 4 members (excludes halogenated alkanes) is 44. The predicted octanol–water partition coefficient (Wildman–Crippen LogP) is 24.3. The van der Waals surface area contributed by atoms with Gasteiger partial charge in [0.15, 0.2) is 6.10 Å². The second-order valence-electron chi connectivity index (χ2n) is 23.8. The monoisotopic (exact) mass is 1120 g/mol. The zero-order chi connectivity index (χ0) is 57.8. The molecule has 0 heterocycles. The highest BCUT2D eigenvalue weighted by atomic mass is 16.6. The Balaban J connectivity index is 4.35. The predicted molar refractivity (Wildman–Crippen MR) is 348 cm³/mol. The molecule has 0 aromatic carbocycles. The molecule has 0 aromatic rings. The van der Waals surface area contributed by atoms with Crippen LogP contribution in [0.1, 0.15) is 374 Å². The molecule has 0 aliphatic carbocycles. The average molecular weight is 1120 g/mol. The van der Waals surface area contributed by atoms with E-state index in [4.69, 9.17) is 14.2 Å². The van der Waals surface area contributed by atoms with E-state index in [1.165, 1.54) is 257 Å². The minimum Gasteiger partial charge on any atom is -0.462 e. The summed E-state index contributed by atoms with van der Waals surface area (Å²) < 4.78 is 17.0. The molecule has 6 heteroatoms. The van der Waals surface area contributed by atoms with E-state index in [0.717, 1.165) is 77.0 Å². The minimum absolute atomic E-state index is 0.0763. The van der Waals surface area contributed by atoms with Crippen LogP contribution < -0.4 is 0 Å². The fraction of sp³-hybridized carbons (Fsp3) is 0.824. The fourth-order valence-electron chi connectivity index (χ4n) is 10.4. The summed E-state index contributed by atoms with van der Waals surface area (Å²) in [6.07, 6.45) is 88.1. The first-order valence-electron chi connectivity index (χ1n) is 35.3. The molecular formula is C74H134O6. The van der Waals surface area contributed by atoms with Crippen molar-refractivity contribution in [3.63, 3.8) is 0 Å². The summed E-state index contributed by atoms with van der Waals surface area (Å²) >= 11 is 0. The molecule has 0 aromatic heterocycles. The molecule has 0 aliphatic heterocycles. The Kier molecular flexibility index (Phi) is 66.1. The second-order valence-corrected chi connectivity index (χ2v) is 23.8. The smallest absolute Gasteiger partial charge is 0.306 e. The quantitative estimate of drug-likeness (QED) is 0.0261. The number of allylic oxidation sites excluding steroid dienone is 10. The zero-order valence-electron chi connectivity index (χ0n) is 53.6. The molecule has 0 fully saturated rings. The average Bonchev–Trinajstić information content (AvgIpc) is 3.46. The molecule has 80 heavy (non-hydrogen) atoms. The van der Waals surface area contributed by atoms with Crippen molar-refractivity contribution in [2.75, 3.05) is 13.2 Å². The molecule has 0 radical (unpaired) electrons. The number of esters is 3. The van der Waals surface area contributed by atoms with Gasteiger partial charge in [0.05, 0.1) is 0 Å². The van der Waals surface area contributed by atoms with Crippen molar-refractivity contribution in [2.24, 2.45) is 0 Å². The van der Waals surface area contributed by atoms with Crippen molar-refractivity contribution >= 4 is 17.9 Å². The summed E-state index contributed by atoms with van der Waals surface area (Å²) in [6.45, 7) is 6.66. The standard InChI is InChI=1S/C74H134O6/c1-4-7-10-13-16-19-22-25-28-31-34-36-37-39-40-43-46-49-52-55-58-61-64-67-73(76)79-70-71(69-78-72(75)66-63-60-57-54-51-48-45-42-33-30-27-24-21-18-15-12-9-6-3)80-74(77)68-65-62-59-56-53-50-47-44-41-38-35-32-29-26-23-20-17-14-11-8-5-2/h21-22,24-25,30-35,71H,4-20,23,26-29,36-70H2,1-3H3/b24-21-,25-22-,33-30-,34-31-,35-32-. The summed E-state index contributed by atoms with van der Waals surface area (Å²) in [5.41, 5.74) is 0. The Bertz CT molecular complexity index is 1430. The first kappa shape index (κ1) is 77.1. The van der Waals surface area contributed by atoms with E-state index in [1.54, 1.807) is 0 Å². The number of rotatable bonds is 65. The van der Waals surface area contributed by atoms with Crippen LogP contribution in [-0.4, -0.2) is 37.2 Å². The zero-order valence-corrected chi connectivity index (χ0v) is 53.6. The van der Waals surface area contributed by atoms with E-state index in [-0.39, 0.29) is 31.1 Å². The number of ether oxygens (including phenoxy) is 3. The van der Waals surface area contributed by atoms with E-state index in [2.05, 4.69) is 81.5 Å². The lowest BCUT2D eigenvalue weighted by atomic mass is 10.0. The van der Waals surface area contributed by atoms with Gasteiger partial charge in [0.2, 0.25) is 0 Å². The van der Waals surface area contributed by atoms with Gasteiger partial charge in [-0.1, -0.05) is 306 Å². The third kappa shape index (κ3) is 65.9. The maximum Gasteiger partial charge on any atom is 0.306 e. The summed E-state index contributed by atoms with van der Waals surface area (Å²) in [5.74, 6) is -0.865. The van der Waals surface area contributed by atoms with Crippen LogP contribution in [0.25, 0.3) is 0 Å². The van der Waals surface area contributed by atoms with E-state index in [9.17, 15) is 14.4 Å². The Labute approximate surface area is 498 Å². The molecule has 0 aliphatic rings. The summed E-state index contributed by atoms with van der Waals surface area (Å²) in [4.78, 5) is 38.5. The molecule has 0 bridgehead atoms. The Morgan fingerprint density at radius 3 is 0.713 bits per heavy atom. The van der Waals surface area contributed by atoms with Gasteiger partial charge >= 0.3 is 17.9 Å². The van der Waals surface area contributed by atoms with Gasteiger partial charge < -0.3 is 14.2 Å². The van der Waals surface area contributed by atoms with Gasteiger partial charge in [0.1, 0.15) is 13.2 Å². The summed E-state index contributed by atoms with van der Waals surface area (Å²) in [6, 6.07) is 0. The normalized spacial score (nSPS) is 12.4. The number of hydrogen-bond acceptors (Lipinski definition) is 6. The van der Waals surface area contributed by atoms with Gasteiger partial charge in [-0.3, -0.25) is 14.4 Å². The van der Waals surface area contributed by atoms with Crippen molar-refractivity contribution in [3.05, 3.63) is 60.8 Å². The first-order valence-corrected chi connectivity index (χ1v) is 35.3. The highest BCUT2D eigenvalue weighted by Crippen LogP contribution is 2.17. The van der Waals surface area contributed by atoms with E-state index in [1.807, 2.05) is 0 Å². The Morgan fingerprint density at radius 2 is 0.450 bits per heavy atom. The van der Waals surface area contributed by atoms with Gasteiger partial charge in [-0.2, -0.15) is 0 Å². The number of carbonyl (C=O) groups excluding carboxylic acids is 3. The molecule has 0 spiro atoms. The van der Waals surface area contributed by atoms with E-state index >= 15 is 0 Å². The maximum atomic E-state index is 13.0. The van der Waals surface area contributed by atoms with Crippen molar-refractivity contribution in [2.45, 2.75) is 380 Å². The van der Waals surface area contributed by atoms with E-state index in [0.29, 0.717) is 19.3 Å². The minimum atomic E-state index is -0.781. The molecule has 0 saturated heterocycles. The Hall–Kier alpha value is -2.89. The molecule has 0 saturated carbocycles. The topological polar surface area (TPSA) is 78.9 Å². The van der Waals surface area contributed by atoms with Gasteiger partial charge in [-0.15, -0.1) is 0 Å². The lowest BCUT2D eigenvalue weighted by Gasteiger charge is -2.18. The van der Waals surface area contributed by atoms with Gasteiger partial charge in [-0.25, -0.2) is 0 Å². The first-order chi connectivity index (χ1) is 39.5. The number of carbonyl (C=O) groups is 3. The van der Waals surface area contributed by atoms with Crippen LogP contribution in [0.2, 0.25) is 0 Å². The lowest BCUT2D eigenvalue weighted by Crippen LogP contribution is -2.30. The maximum absolute atomic E-state index is 13.0. The van der Waals surface area contributed by atoms with Crippen LogP contribution in [-0.2, 0) is 28.6 Å². The molecule has 6 nitrogen and oxygen atoms in total. The molecular weight excluding hydrogens is 985 g/mol. The molecule has 466 valence electrons. The van der Waals surface area contributed by atoms with Crippen LogP contribution in [0.3, 0.4) is 0 Å². The van der Waals surface area contributed by atoms with Crippen molar-refractivity contribution < 1.29 is 28.6 Å². The van der Waals surface area contributed by atoms with Gasteiger partial charge in [0, 0.05) is 19.3 Å². The van der Waals surface area contributed by atoms with Crippen molar-refractivity contribution in [1.82, 2.24) is 0 Å². The SMILES string of the molecule is CCCCCC/C=C\C/C=C\CCCCCCCCCC(=O)OCC(COC(=O)CCCCCCCCCCCCC/C=C\C/C=C\CCCCCCC)OC(=O)CCCCCCCCCCC/C=C\CCCCCCCCCC. The second kappa shape index (κ2) is 68.6. The molecule has 1 atom stereocenters. The van der Waals surface area contributed by atoms with Crippen LogP contribution in [0, 0.1) is 0 Å². The highest BCUT2D eigenvalue weighted by molar-refractivity contribution is 5.71. The Morgan fingerprint density at radius 1 is 0.250 bits per heavy atom. The van der Waals surface area contributed by atoms with Crippen LogP contribution >= 0.6 is 0 Å². The van der Waals surface area contributed by atoms with Crippen LogP contribution in [0.15, 0.2) is 60.8 Å². The van der Waals surface area contributed by atoms with Crippen molar-refractivity contribution in [3.8, 4) is 0 Å². The molecule has 0 amide bonds. The third-order valence-electron chi connectivity index (χ3n) is 15.7. The third-order valence-corrected chi connectivity index (χ3v) is 15.7. The molecule has 1 unspecified atom stereocenters. The van der Waals surface area contributed by atoms with Crippen LogP contribution in [0.5, 0.6) is 0 Å². The van der Waals surface area contributed by atoms with E-state index < -0.39 is 6.10 Å². The molecule has 0 N–H and O–H groups in total. The van der Waals surface area contributed by atoms with Crippen molar-refractivity contribution in [1.29, 1.82) is 0 Å². The van der Waals surface area contributed by atoms with Gasteiger partial charge in [0.25, 0.3) is 0 Å². The largest absolute Gasteiger partial charge is 0.462 e. The van der Waals surface area contributed by atoms with Gasteiger partial charge in [-0.05, 0) is 109 Å². The van der Waals surface area contributed by atoms with Crippen LogP contribution in [0.4, 0.5) is 0 Å². The fourth-order valence-corrected chi connectivity index (χ4v) is 10.4. The summed E-state index contributed by atoms with van der Waals surface area (Å²) in [7, 11) is 0. The summed E-state index contributed by atoms with van der Waals surface area (Å²) in [5, 5.41) is 0. The lowest BCUT2D eigenvalue weighted by molar-refractivity contribution is -0.167. The molecule has 0 rings (SSSR count).